The van der Waals surface area contributed by atoms with E-state index in [9.17, 15) is 0 Å². The Morgan fingerprint density at radius 3 is 2.50 bits per heavy atom. The fraction of sp³-hybridized carbons (Fsp3) is 0.286. The Balaban J connectivity index is 2.83. The average Bonchev–Trinajstić information content (AvgIpc) is 2.19. The second-order valence-electron chi connectivity index (χ2n) is 3.61. The van der Waals surface area contributed by atoms with E-state index in [1.165, 1.54) is 11.1 Å². The van der Waals surface area contributed by atoms with Crippen LogP contribution in [0.3, 0.4) is 0 Å². The van der Waals surface area contributed by atoms with Crippen LogP contribution in [-0.2, 0) is 0 Å². The molecule has 0 heteroatoms. The third-order valence-electron chi connectivity index (χ3n) is 2.40. The molecule has 0 N–H and O–H groups in total. The molecule has 14 heavy (non-hydrogen) atoms. The van der Waals surface area contributed by atoms with Gasteiger partial charge in [-0.2, -0.15) is 0 Å². The molecule has 0 saturated heterocycles. The van der Waals surface area contributed by atoms with Crippen molar-refractivity contribution in [3.8, 4) is 0 Å². The SMILES string of the molecule is C=C(C)C(C/C=C/C)c1ccccc1. The Bertz CT molecular complexity index is 306. The van der Waals surface area contributed by atoms with Crippen LogP contribution in [0.1, 0.15) is 31.7 Å². The molecule has 1 aromatic carbocycles. The lowest BCUT2D eigenvalue weighted by Crippen LogP contribution is -1.97. The molecule has 0 aliphatic heterocycles. The first-order chi connectivity index (χ1) is 6.75. The van der Waals surface area contributed by atoms with Gasteiger partial charge in [0, 0.05) is 5.92 Å². The van der Waals surface area contributed by atoms with E-state index < -0.39 is 0 Å². The molecule has 74 valence electrons. The summed E-state index contributed by atoms with van der Waals surface area (Å²) in [4.78, 5) is 0. The van der Waals surface area contributed by atoms with Crippen molar-refractivity contribution in [1.82, 2.24) is 0 Å². The van der Waals surface area contributed by atoms with Crippen molar-refractivity contribution in [2.24, 2.45) is 0 Å². The first kappa shape index (κ1) is 10.8. The predicted molar refractivity (Wildman–Crippen MR) is 63.4 cm³/mol. The molecule has 0 heterocycles. The van der Waals surface area contributed by atoms with Gasteiger partial charge in [0.15, 0.2) is 0 Å². The summed E-state index contributed by atoms with van der Waals surface area (Å²) in [6.07, 6.45) is 5.35. The van der Waals surface area contributed by atoms with Crippen molar-refractivity contribution in [3.05, 3.63) is 60.2 Å². The smallest absolute Gasteiger partial charge is 0.00772 e. The van der Waals surface area contributed by atoms with Crippen LogP contribution < -0.4 is 0 Å². The van der Waals surface area contributed by atoms with Gasteiger partial charge < -0.3 is 0 Å². The van der Waals surface area contributed by atoms with Crippen LogP contribution in [0, 0.1) is 0 Å². The van der Waals surface area contributed by atoms with Crippen LogP contribution in [0.4, 0.5) is 0 Å². The molecule has 0 nitrogen and oxygen atoms in total. The van der Waals surface area contributed by atoms with E-state index in [1.54, 1.807) is 0 Å². The summed E-state index contributed by atoms with van der Waals surface area (Å²) in [6, 6.07) is 10.6. The van der Waals surface area contributed by atoms with Crippen LogP contribution in [0.25, 0.3) is 0 Å². The highest BCUT2D eigenvalue weighted by Gasteiger charge is 2.09. The normalized spacial score (nSPS) is 13.0. The Morgan fingerprint density at radius 1 is 1.36 bits per heavy atom. The minimum absolute atomic E-state index is 0.465. The molecule has 0 radical (unpaired) electrons. The van der Waals surface area contributed by atoms with Crippen molar-refractivity contribution >= 4 is 0 Å². The zero-order valence-corrected chi connectivity index (χ0v) is 9.03. The van der Waals surface area contributed by atoms with Gasteiger partial charge in [0.1, 0.15) is 0 Å². The van der Waals surface area contributed by atoms with Gasteiger partial charge in [0.25, 0.3) is 0 Å². The second-order valence-corrected chi connectivity index (χ2v) is 3.61. The van der Waals surface area contributed by atoms with Crippen LogP contribution in [0.5, 0.6) is 0 Å². The van der Waals surface area contributed by atoms with E-state index in [0.29, 0.717) is 5.92 Å². The molecular weight excluding hydrogens is 168 g/mol. The van der Waals surface area contributed by atoms with Crippen molar-refractivity contribution in [2.75, 3.05) is 0 Å². The summed E-state index contributed by atoms with van der Waals surface area (Å²) in [6.45, 7) is 8.21. The first-order valence-corrected chi connectivity index (χ1v) is 5.07. The number of hydrogen-bond donors (Lipinski definition) is 0. The van der Waals surface area contributed by atoms with E-state index in [4.69, 9.17) is 0 Å². The largest absolute Gasteiger partial charge is 0.0995 e. The maximum absolute atomic E-state index is 4.05. The highest BCUT2D eigenvalue weighted by molar-refractivity contribution is 5.27. The maximum Gasteiger partial charge on any atom is 0.00772 e. The summed E-state index contributed by atoms with van der Waals surface area (Å²) in [5.74, 6) is 0.465. The minimum Gasteiger partial charge on any atom is -0.0995 e. The number of benzene rings is 1. The Kier molecular flexibility index (Phi) is 4.18. The highest BCUT2D eigenvalue weighted by Crippen LogP contribution is 2.26. The molecule has 0 spiro atoms. The zero-order valence-electron chi connectivity index (χ0n) is 9.03. The lowest BCUT2D eigenvalue weighted by atomic mass is 9.90. The summed E-state index contributed by atoms with van der Waals surface area (Å²) in [5.41, 5.74) is 2.59. The summed E-state index contributed by atoms with van der Waals surface area (Å²) in [7, 11) is 0. The lowest BCUT2D eigenvalue weighted by molar-refractivity contribution is 0.811. The highest BCUT2D eigenvalue weighted by atomic mass is 14.1. The number of allylic oxidation sites excluding steroid dienone is 3. The van der Waals surface area contributed by atoms with Crippen LogP contribution in [-0.4, -0.2) is 0 Å². The van der Waals surface area contributed by atoms with E-state index in [0.717, 1.165) is 6.42 Å². The summed E-state index contributed by atoms with van der Waals surface area (Å²) >= 11 is 0. The molecule has 0 aromatic heterocycles. The first-order valence-electron chi connectivity index (χ1n) is 5.07. The molecular formula is C14H18. The van der Waals surface area contributed by atoms with Crippen LogP contribution in [0.2, 0.25) is 0 Å². The predicted octanol–water partition coefficient (Wildman–Crippen LogP) is 4.31. The van der Waals surface area contributed by atoms with E-state index in [-0.39, 0.29) is 0 Å². The van der Waals surface area contributed by atoms with E-state index >= 15 is 0 Å². The van der Waals surface area contributed by atoms with Crippen LogP contribution >= 0.6 is 0 Å². The van der Waals surface area contributed by atoms with Gasteiger partial charge in [-0.1, -0.05) is 54.6 Å². The zero-order chi connectivity index (χ0) is 10.4. The van der Waals surface area contributed by atoms with E-state index in [1.807, 2.05) is 0 Å². The summed E-state index contributed by atoms with van der Waals surface area (Å²) < 4.78 is 0. The monoisotopic (exact) mass is 186 g/mol. The third kappa shape index (κ3) is 2.88. The molecule has 0 aliphatic rings. The Labute approximate surface area is 87.0 Å². The van der Waals surface area contributed by atoms with Gasteiger partial charge in [0.05, 0.1) is 0 Å². The minimum atomic E-state index is 0.465. The maximum atomic E-state index is 4.05. The fourth-order valence-corrected chi connectivity index (χ4v) is 1.58. The summed E-state index contributed by atoms with van der Waals surface area (Å²) in [5, 5.41) is 0. The average molecular weight is 186 g/mol. The molecule has 0 fully saturated rings. The van der Waals surface area contributed by atoms with Crippen molar-refractivity contribution in [3.63, 3.8) is 0 Å². The molecule has 0 amide bonds. The standard InChI is InChI=1S/C14H18/c1-4-5-11-14(12(2)3)13-9-7-6-8-10-13/h4-10,14H,2,11H2,1,3H3/b5-4+. The van der Waals surface area contributed by atoms with Crippen molar-refractivity contribution in [1.29, 1.82) is 0 Å². The van der Waals surface area contributed by atoms with E-state index in [2.05, 4.69) is 62.9 Å². The van der Waals surface area contributed by atoms with Crippen molar-refractivity contribution in [2.45, 2.75) is 26.2 Å². The molecule has 0 bridgehead atoms. The molecule has 0 saturated carbocycles. The number of hydrogen-bond acceptors (Lipinski definition) is 0. The molecule has 1 unspecified atom stereocenters. The molecule has 1 rings (SSSR count). The number of rotatable bonds is 4. The van der Waals surface area contributed by atoms with Gasteiger partial charge in [-0.3, -0.25) is 0 Å². The topological polar surface area (TPSA) is 0 Å². The van der Waals surface area contributed by atoms with Gasteiger partial charge in [-0.05, 0) is 25.8 Å². The Morgan fingerprint density at radius 2 is 2.00 bits per heavy atom. The van der Waals surface area contributed by atoms with Crippen LogP contribution in [0.15, 0.2) is 54.6 Å². The lowest BCUT2D eigenvalue weighted by Gasteiger charge is -2.15. The second kappa shape index (κ2) is 5.43. The molecule has 1 atom stereocenters. The quantitative estimate of drug-likeness (QED) is 0.614. The van der Waals surface area contributed by atoms with Gasteiger partial charge in [-0.25, -0.2) is 0 Å². The fourth-order valence-electron chi connectivity index (χ4n) is 1.58. The van der Waals surface area contributed by atoms with Crippen molar-refractivity contribution < 1.29 is 0 Å². The molecule has 1 aromatic rings. The van der Waals surface area contributed by atoms with Gasteiger partial charge in [-0.15, -0.1) is 0 Å². The van der Waals surface area contributed by atoms with Gasteiger partial charge >= 0.3 is 0 Å². The Hall–Kier alpha value is -1.30. The third-order valence-corrected chi connectivity index (χ3v) is 2.40. The molecule has 0 aliphatic carbocycles. The van der Waals surface area contributed by atoms with Gasteiger partial charge in [0.2, 0.25) is 0 Å².